The monoisotopic (exact) mass is 380 g/mol. The molecule has 3 aromatic rings. The molecular formula is C18H19F3N4O2. The molecule has 27 heavy (non-hydrogen) atoms. The lowest BCUT2D eigenvalue weighted by Gasteiger charge is -2.29. The number of carbonyl (C=O) groups is 1. The summed E-state index contributed by atoms with van der Waals surface area (Å²) in [6.45, 7) is 0.148. The van der Waals surface area contributed by atoms with E-state index in [0.29, 0.717) is 6.42 Å². The van der Waals surface area contributed by atoms with Crippen molar-refractivity contribution in [1.29, 1.82) is 0 Å². The number of hydrogen-bond acceptors (Lipinski definition) is 3. The number of hydrogen-bond donors (Lipinski definition) is 3. The van der Waals surface area contributed by atoms with Crippen LogP contribution >= 0.6 is 0 Å². The Morgan fingerprint density at radius 1 is 1.33 bits per heavy atom. The molecule has 2 heterocycles. The molecule has 0 spiro atoms. The van der Waals surface area contributed by atoms with E-state index < -0.39 is 29.9 Å². The Kier molecular flexibility index (Phi) is 4.97. The van der Waals surface area contributed by atoms with Gasteiger partial charge in [-0.05, 0) is 18.1 Å². The second-order valence-corrected chi connectivity index (χ2v) is 6.36. The summed E-state index contributed by atoms with van der Waals surface area (Å²) in [5, 5.41) is 13.6. The van der Waals surface area contributed by atoms with Crippen molar-refractivity contribution in [3.63, 3.8) is 0 Å². The van der Waals surface area contributed by atoms with Gasteiger partial charge in [-0.15, -0.1) is 0 Å². The summed E-state index contributed by atoms with van der Waals surface area (Å²) in [7, 11) is 1.33. The van der Waals surface area contributed by atoms with Crippen LogP contribution in [0.15, 0.2) is 42.9 Å². The predicted octanol–water partition coefficient (Wildman–Crippen LogP) is 2.40. The highest BCUT2D eigenvalue weighted by molar-refractivity contribution is 5.83. The normalized spacial score (nSPS) is 14.3. The van der Waals surface area contributed by atoms with E-state index in [9.17, 15) is 23.1 Å². The molecule has 0 fully saturated rings. The Balaban J connectivity index is 1.66. The van der Waals surface area contributed by atoms with E-state index in [-0.39, 0.29) is 6.54 Å². The van der Waals surface area contributed by atoms with Crippen molar-refractivity contribution in [2.24, 2.45) is 7.05 Å². The van der Waals surface area contributed by atoms with Crippen LogP contribution in [0.4, 0.5) is 13.2 Å². The third-order valence-corrected chi connectivity index (χ3v) is 4.47. The van der Waals surface area contributed by atoms with Crippen molar-refractivity contribution in [3.8, 4) is 0 Å². The van der Waals surface area contributed by atoms with E-state index in [1.54, 1.807) is 6.20 Å². The van der Waals surface area contributed by atoms with Crippen LogP contribution in [0.3, 0.4) is 0 Å². The molecule has 9 heteroatoms. The zero-order chi connectivity index (χ0) is 19.7. The van der Waals surface area contributed by atoms with Crippen LogP contribution in [0.5, 0.6) is 0 Å². The molecule has 1 unspecified atom stereocenters. The van der Waals surface area contributed by atoms with Gasteiger partial charge < -0.3 is 20.0 Å². The molecular weight excluding hydrogens is 361 g/mol. The van der Waals surface area contributed by atoms with E-state index in [0.717, 1.165) is 27.2 Å². The van der Waals surface area contributed by atoms with E-state index in [1.165, 1.54) is 13.2 Å². The average Bonchev–Trinajstić information content (AvgIpc) is 3.20. The van der Waals surface area contributed by atoms with Crippen molar-refractivity contribution in [2.75, 3.05) is 6.54 Å². The van der Waals surface area contributed by atoms with Crippen LogP contribution in [0.25, 0.3) is 10.9 Å². The molecule has 1 amide bonds. The lowest BCUT2D eigenvalue weighted by Crippen LogP contribution is -2.48. The molecule has 2 aromatic heterocycles. The molecule has 0 bridgehead atoms. The molecule has 0 aliphatic heterocycles. The van der Waals surface area contributed by atoms with Gasteiger partial charge >= 0.3 is 6.18 Å². The van der Waals surface area contributed by atoms with Crippen molar-refractivity contribution in [2.45, 2.75) is 24.6 Å². The van der Waals surface area contributed by atoms with Gasteiger partial charge in [0.1, 0.15) is 0 Å². The van der Waals surface area contributed by atoms with Crippen LogP contribution in [-0.4, -0.2) is 38.3 Å². The SMILES string of the molecule is Cn1ccnc1C(O)(CC(=O)NCCc1c[nH]c2ccccc12)C(F)(F)F. The van der Waals surface area contributed by atoms with Gasteiger partial charge in [0.15, 0.2) is 5.82 Å². The number of fused-ring (bicyclic) bond motifs is 1. The Bertz CT molecular complexity index is 947. The highest BCUT2D eigenvalue weighted by Crippen LogP contribution is 2.40. The minimum atomic E-state index is -5.04. The maximum Gasteiger partial charge on any atom is 0.425 e. The number of aromatic amines is 1. The first kappa shape index (κ1) is 19.0. The van der Waals surface area contributed by atoms with Crippen LogP contribution in [-0.2, 0) is 23.9 Å². The minimum Gasteiger partial charge on any atom is -0.374 e. The summed E-state index contributed by atoms with van der Waals surface area (Å²) in [6, 6.07) is 7.61. The summed E-state index contributed by atoms with van der Waals surface area (Å²) in [5.74, 6) is -1.53. The second kappa shape index (κ2) is 7.07. The average molecular weight is 380 g/mol. The van der Waals surface area contributed by atoms with Crippen LogP contribution in [0.1, 0.15) is 17.8 Å². The number of nitrogens with one attached hydrogen (secondary N) is 2. The number of imidazole rings is 1. The van der Waals surface area contributed by atoms with Gasteiger partial charge in [0.05, 0.1) is 6.42 Å². The topological polar surface area (TPSA) is 82.9 Å². The number of aliphatic hydroxyl groups is 1. The predicted molar refractivity (Wildman–Crippen MR) is 92.8 cm³/mol. The third kappa shape index (κ3) is 3.68. The molecule has 3 N–H and O–H groups in total. The number of H-pyrrole nitrogens is 1. The number of carbonyl (C=O) groups excluding carboxylic acids is 1. The first-order chi connectivity index (χ1) is 12.7. The number of benzene rings is 1. The van der Waals surface area contributed by atoms with E-state index in [4.69, 9.17) is 0 Å². The highest BCUT2D eigenvalue weighted by Gasteiger charge is 2.58. The van der Waals surface area contributed by atoms with Crippen molar-refractivity contribution in [1.82, 2.24) is 19.9 Å². The van der Waals surface area contributed by atoms with E-state index >= 15 is 0 Å². The largest absolute Gasteiger partial charge is 0.425 e. The van der Waals surface area contributed by atoms with E-state index in [2.05, 4.69) is 15.3 Å². The summed E-state index contributed by atoms with van der Waals surface area (Å²) in [5.41, 5.74) is -1.46. The molecule has 6 nitrogen and oxygen atoms in total. The van der Waals surface area contributed by atoms with Crippen molar-refractivity contribution >= 4 is 16.8 Å². The van der Waals surface area contributed by atoms with Gasteiger partial charge in [0.25, 0.3) is 0 Å². The van der Waals surface area contributed by atoms with Gasteiger partial charge in [0, 0.05) is 43.1 Å². The molecule has 0 radical (unpaired) electrons. The van der Waals surface area contributed by atoms with Gasteiger partial charge in [-0.2, -0.15) is 13.2 Å². The van der Waals surface area contributed by atoms with Crippen LogP contribution in [0.2, 0.25) is 0 Å². The van der Waals surface area contributed by atoms with Crippen LogP contribution in [0, 0.1) is 0 Å². The molecule has 0 saturated heterocycles. The molecule has 0 aliphatic carbocycles. The Morgan fingerprint density at radius 2 is 2.07 bits per heavy atom. The van der Waals surface area contributed by atoms with Gasteiger partial charge in [-0.3, -0.25) is 4.79 Å². The first-order valence-corrected chi connectivity index (χ1v) is 8.31. The van der Waals surface area contributed by atoms with Crippen molar-refractivity contribution in [3.05, 3.63) is 54.2 Å². The highest BCUT2D eigenvalue weighted by atomic mass is 19.4. The van der Waals surface area contributed by atoms with Gasteiger partial charge in [-0.25, -0.2) is 4.98 Å². The summed E-state index contributed by atoms with van der Waals surface area (Å²) in [6.07, 6.45) is -1.53. The number of nitrogens with zero attached hydrogens (tertiary/aromatic N) is 2. The summed E-state index contributed by atoms with van der Waals surface area (Å²) < 4.78 is 41.4. The number of para-hydroxylation sites is 1. The van der Waals surface area contributed by atoms with Gasteiger partial charge in [-0.1, -0.05) is 18.2 Å². The van der Waals surface area contributed by atoms with Gasteiger partial charge in [0.2, 0.25) is 11.5 Å². The Labute approximate surface area is 153 Å². The maximum absolute atomic E-state index is 13.4. The first-order valence-electron chi connectivity index (χ1n) is 8.31. The van der Waals surface area contributed by atoms with Crippen LogP contribution < -0.4 is 5.32 Å². The molecule has 0 saturated carbocycles. The number of amides is 1. The number of rotatable bonds is 6. The molecule has 144 valence electrons. The summed E-state index contributed by atoms with van der Waals surface area (Å²) >= 11 is 0. The number of halogens is 3. The third-order valence-electron chi connectivity index (χ3n) is 4.47. The Morgan fingerprint density at radius 3 is 2.74 bits per heavy atom. The summed E-state index contributed by atoms with van der Waals surface area (Å²) in [4.78, 5) is 18.8. The maximum atomic E-state index is 13.4. The number of aryl methyl sites for hydroxylation is 1. The molecule has 3 rings (SSSR count). The number of aromatic nitrogens is 3. The quantitative estimate of drug-likeness (QED) is 0.614. The zero-order valence-electron chi connectivity index (χ0n) is 14.5. The smallest absolute Gasteiger partial charge is 0.374 e. The number of alkyl halides is 3. The second-order valence-electron chi connectivity index (χ2n) is 6.36. The lowest BCUT2D eigenvalue weighted by molar-refractivity contribution is -0.271. The fourth-order valence-electron chi connectivity index (χ4n) is 3.04. The lowest BCUT2D eigenvalue weighted by atomic mass is 9.97. The Hall–Kier alpha value is -2.81. The molecule has 0 aliphatic rings. The van der Waals surface area contributed by atoms with Crippen molar-refractivity contribution < 1.29 is 23.1 Å². The fraction of sp³-hybridized carbons (Fsp3) is 0.333. The molecule has 1 aromatic carbocycles. The zero-order valence-corrected chi connectivity index (χ0v) is 14.5. The fourth-order valence-corrected chi connectivity index (χ4v) is 3.04. The standard InChI is InChI=1S/C18H19F3N4O2/c1-25-9-8-23-16(25)17(27,18(19,20)21)10-15(26)22-7-6-12-11-24-14-5-3-2-4-13(12)14/h2-5,8-9,11,24,27H,6-7,10H2,1H3,(H,22,26). The van der Waals surface area contributed by atoms with E-state index in [1.807, 2.05) is 24.3 Å². The molecule has 1 atom stereocenters. The minimum absolute atomic E-state index is 0.148.